The van der Waals surface area contributed by atoms with Gasteiger partial charge in [0.05, 0.1) is 0 Å². The van der Waals surface area contributed by atoms with Crippen LogP contribution in [0.15, 0.2) is 42.5 Å². The maximum absolute atomic E-state index is 12.4. The first kappa shape index (κ1) is 16.1. The molecule has 2 nitrogen and oxygen atoms in total. The number of carbonyl (C=O) groups excluding carboxylic acids is 1. The van der Waals surface area contributed by atoms with E-state index in [4.69, 9.17) is 3.76 Å². The minimum atomic E-state index is -2.39. The second-order valence-electron chi connectivity index (χ2n) is 5.53. The monoisotopic (exact) mass is 346 g/mol. The van der Waals surface area contributed by atoms with E-state index in [0.717, 1.165) is 26.7 Å². The van der Waals surface area contributed by atoms with E-state index in [1.807, 2.05) is 24.3 Å². The predicted octanol–water partition coefficient (Wildman–Crippen LogP) is 4.93. The van der Waals surface area contributed by atoms with Crippen LogP contribution in [-0.2, 0) is 15.0 Å². The number of carbonyl (C=O) groups is 1. The number of hydrogen-bond donors (Lipinski definition) is 0. The fraction of sp³-hybridized carbons (Fsp3) is 0.389. The van der Waals surface area contributed by atoms with Crippen molar-refractivity contribution in [2.45, 2.75) is 43.0 Å². The van der Waals surface area contributed by atoms with Gasteiger partial charge in [0.25, 0.3) is 0 Å². The van der Waals surface area contributed by atoms with Crippen molar-refractivity contribution < 1.29 is 8.56 Å². The molecule has 21 heavy (non-hydrogen) atoms. The summed E-state index contributed by atoms with van der Waals surface area (Å²) in [7, 11) is 0. The van der Waals surface area contributed by atoms with Gasteiger partial charge in [-0.2, -0.15) is 0 Å². The molecule has 0 fully saturated rings. The fourth-order valence-electron chi connectivity index (χ4n) is 2.85. The van der Waals surface area contributed by atoms with Crippen LogP contribution in [-0.4, -0.2) is 19.6 Å². The Kier molecular flexibility index (Phi) is 5.46. The van der Waals surface area contributed by atoms with Gasteiger partial charge in [-0.25, -0.2) is 0 Å². The molecule has 0 saturated heterocycles. The van der Waals surface area contributed by atoms with Crippen molar-refractivity contribution in [1.82, 2.24) is 0 Å². The Hall–Kier alpha value is -1.29. The van der Waals surface area contributed by atoms with Crippen molar-refractivity contribution in [1.29, 1.82) is 0 Å². The number of rotatable bonds is 6. The summed E-state index contributed by atoms with van der Waals surface area (Å²) < 4.78 is 5.99. The average Bonchev–Trinajstić information content (AvgIpc) is 2.53. The third kappa shape index (κ3) is 3.68. The average molecular weight is 345 g/mol. The molecule has 2 aromatic carbocycles. The van der Waals surface area contributed by atoms with E-state index in [0.29, 0.717) is 6.42 Å². The Bertz CT molecular complexity index is 604. The Morgan fingerprint density at radius 2 is 1.57 bits per heavy atom. The van der Waals surface area contributed by atoms with Gasteiger partial charge in [0.2, 0.25) is 0 Å². The molecule has 0 spiro atoms. The van der Waals surface area contributed by atoms with Gasteiger partial charge in [-0.05, 0) is 0 Å². The summed E-state index contributed by atoms with van der Waals surface area (Å²) in [4.78, 5) is 12.4. The Morgan fingerprint density at radius 1 is 0.952 bits per heavy atom. The van der Waals surface area contributed by atoms with Crippen LogP contribution in [0.25, 0.3) is 10.8 Å². The van der Waals surface area contributed by atoms with Gasteiger partial charge >= 0.3 is 130 Å². The van der Waals surface area contributed by atoms with Crippen LogP contribution in [0.5, 0.6) is 0 Å². The molecule has 0 N–H and O–H groups in total. The van der Waals surface area contributed by atoms with E-state index in [2.05, 4.69) is 39.0 Å². The normalized spacial score (nSPS) is 11.6. The third-order valence-electron chi connectivity index (χ3n) is 4.48. The van der Waals surface area contributed by atoms with Crippen LogP contribution >= 0.6 is 0 Å². The van der Waals surface area contributed by atoms with Crippen LogP contribution < -0.4 is 0 Å². The van der Waals surface area contributed by atoms with Crippen molar-refractivity contribution >= 4 is 30.3 Å². The molecule has 0 aromatic heterocycles. The van der Waals surface area contributed by atoms with Crippen LogP contribution in [0, 0.1) is 0 Å². The van der Waals surface area contributed by atoms with Crippen molar-refractivity contribution in [3.63, 3.8) is 0 Å². The zero-order chi connectivity index (χ0) is 15.3. The molecule has 0 radical (unpaired) electrons. The molecule has 0 heterocycles. The second kappa shape index (κ2) is 7.12. The molecule has 0 atom stereocenters. The van der Waals surface area contributed by atoms with Gasteiger partial charge in [-0.3, -0.25) is 0 Å². The quantitative estimate of drug-likeness (QED) is 0.694. The van der Waals surface area contributed by atoms with E-state index >= 15 is 0 Å². The summed E-state index contributed by atoms with van der Waals surface area (Å²) in [5.74, 6) is -0.0445. The molecule has 0 aliphatic heterocycles. The Labute approximate surface area is 130 Å². The molecular formula is C18H24GeO2. The van der Waals surface area contributed by atoms with Crippen molar-refractivity contribution in [3.8, 4) is 0 Å². The van der Waals surface area contributed by atoms with Crippen LogP contribution in [0.2, 0.25) is 15.8 Å². The second-order valence-corrected chi connectivity index (χ2v) is 15.4. The van der Waals surface area contributed by atoms with E-state index in [1.165, 1.54) is 5.39 Å². The zero-order valence-corrected chi connectivity index (χ0v) is 15.3. The van der Waals surface area contributed by atoms with E-state index in [1.54, 1.807) is 0 Å². The molecule has 2 rings (SSSR count). The predicted molar refractivity (Wildman–Crippen MR) is 90.9 cm³/mol. The van der Waals surface area contributed by atoms with Gasteiger partial charge < -0.3 is 0 Å². The van der Waals surface area contributed by atoms with E-state index < -0.39 is 13.6 Å². The standard InChI is InChI=1S/C18H24GeO2/c1-4-19(5-2,6-3)21-18(20)14-16-12-9-11-15-10-7-8-13-17(15)16/h7-13H,4-6,14H2,1-3H3. The molecule has 0 amide bonds. The van der Waals surface area contributed by atoms with E-state index in [9.17, 15) is 4.79 Å². The molecule has 0 saturated carbocycles. The Balaban J connectivity index is 2.19. The number of hydrogen-bond acceptors (Lipinski definition) is 2. The number of fused-ring (bicyclic) bond motifs is 1. The molecule has 0 aliphatic carbocycles. The van der Waals surface area contributed by atoms with Crippen molar-refractivity contribution in [2.75, 3.05) is 0 Å². The number of benzene rings is 2. The maximum atomic E-state index is 12.4. The first-order chi connectivity index (χ1) is 10.1. The van der Waals surface area contributed by atoms with Crippen LogP contribution in [0.4, 0.5) is 0 Å². The van der Waals surface area contributed by atoms with E-state index in [-0.39, 0.29) is 5.97 Å². The summed E-state index contributed by atoms with van der Waals surface area (Å²) in [6.07, 6.45) is 0.383. The molecule has 3 heteroatoms. The SMILES string of the molecule is C[CH2][Ge]([CH2]C)([CH2]C)[O]C(=O)Cc1cccc2ccccc12. The molecule has 2 aromatic rings. The van der Waals surface area contributed by atoms with Gasteiger partial charge in [-0.1, -0.05) is 0 Å². The third-order valence-corrected chi connectivity index (χ3v) is 14.0. The minimum absolute atomic E-state index is 0.0445. The summed E-state index contributed by atoms with van der Waals surface area (Å²) in [5, 5.41) is 5.48. The summed E-state index contributed by atoms with van der Waals surface area (Å²) in [5.41, 5.74) is 1.07. The van der Waals surface area contributed by atoms with Gasteiger partial charge in [-0.15, -0.1) is 0 Å². The molecule has 112 valence electrons. The first-order valence-electron chi connectivity index (χ1n) is 7.82. The molecule has 0 bridgehead atoms. The summed E-state index contributed by atoms with van der Waals surface area (Å²) in [6, 6.07) is 14.3. The van der Waals surface area contributed by atoms with Crippen molar-refractivity contribution in [2.24, 2.45) is 0 Å². The molecule has 0 unspecified atom stereocenters. The fourth-order valence-corrected chi connectivity index (χ4v) is 8.07. The summed E-state index contributed by atoms with van der Waals surface area (Å²) in [6.45, 7) is 6.49. The van der Waals surface area contributed by atoms with Crippen LogP contribution in [0.1, 0.15) is 26.3 Å². The summed E-state index contributed by atoms with van der Waals surface area (Å²) >= 11 is -2.39. The van der Waals surface area contributed by atoms with Gasteiger partial charge in [0.1, 0.15) is 0 Å². The zero-order valence-electron chi connectivity index (χ0n) is 13.2. The topological polar surface area (TPSA) is 26.3 Å². The first-order valence-corrected chi connectivity index (χ1v) is 13.1. The Morgan fingerprint density at radius 3 is 2.24 bits per heavy atom. The van der Waals surface area contributed by atoms with Crippen LogP contribution in [0.3, 0.4) is 0 Å². The molecule has 0 aliphatic rings. The molecular weight excluding hydrogens is 321 g/mol. The van der Waals surface area contributed by atoms with Gasteiger partial charge in [0, 0.05) is 0 Å². The van der Waals surface area contributed by atoms with Crippen molar-refractivity contribution in [3.05, 3.63) is 48.0 Å². The van der Waals surface area contributed by atoms with Gasteiger partial charge in [0.15, 0.2) is 0 Å².